The van der Waals surface area contributed by atoms with Gasteiger partial charge in [0.1, 0.15) is 5.60 Å². The van der Waals surface area contributed by atoms with Gasteiger partial charge in [0.05, 0.1) is 5.60 Å². The molecule has 0 amide bonds. The van der Waals surface area contributed by atoms with Crippen LogP contribution in [-0.4, -0.2) is 41.3 Å². The predicted octanol–water partition coefficient (Wildman–Crippen LogP) is 0.317. The van der Waals surface area contributed by atoms with Crippen molar-refractivity contribution in [2.75, 3.05) is 6.54 Å². The van der Waals surface area contributed by atoms with Crippen LogP contribution in [0.2, 0.25) is 0 Å². The van der Waals surface area contributed by atoms with Crippen molar-refractivity contribution < 1.29 is 19.5 Å². The van der Waals surface area contributed by atoms with E-state index in [0.717, 1.165) is 0 Å². The van der Waals surface area contributed by atoms with E-state index in [9.17, 15) is 10.0 Å². The molecule has 6 nitrogen and oxygen atoms in total. The van der Waals surface area contributed by atoms with Crippen molar-refractivity contribution in [1.82, 2.24) is 10.6 Å². The highest BCUT2D eigenvalue weighted by Gasteiger charge is 2.32. The van der Waals surface area contributed by atoms with Gasteiger partial charge in [-0.05, 0) is 41.5 Å². The van der Waals surface area contributed by atoms with Crippen molar-refractivity contribution in [1.29, 1.82) is 0 Å². The number of nitrogens with one attached hydrogen (secondary N) is 2. The number of hydrogen-bond acceptors (Lipinski definition) is 6. The molecule has 0 aliphatic carbocycles. The lowest BCUT2D eigenvalue weighted by atomic mass is 9.78. The zero-order chi connectivity index (χ0) is 14.8. The van der Waals surface area contributed by atoms with E-state index in [1.807, 2.05) is 41.5 Å². The average Bonchev–Trinajstić information content (AvgIpc) is 2.11. The largest absolute Gasteiger partial charge is 0.490 e. The van der Waals surface area contributed by atoms with Crippen LogP contribution in [0.25, 0.3) is 0 Å². The maximum atomic E-state index is 9.36. The first-order chi connectivity index (χ1) is 8.48. The van der Waals surface area contributed by atoms with Gasteiger partial charge in [-0.25, -0.2) is 0 Å². The molecule has 7 heteroatoms. The van der Waals surface area contributed by atoms with E-state index in [1.54, 1.807) is 0 Å². The fraction of sp³-hybridized carbons (Fsp3) is 0.833. The molecule has 0 saturated heterocycles. The number of rotatable bonds is 3. The van der Waals surface area contributed by atoms with Crippen LogP contribution in [-0.2, 0) is 9.47 Å². The molecule has 0 spiro atoms. The van der Waals surface area contributed by atoms with Gasteiger partial charge in [0.15, 0.2) is 12.2 Å². The highest BCUT2D eigenvalue weighted by Crippen LogP contribution is 2.19. The van der Waals surface area contributed by atoms with E-state index < -0.39 is 19.1 Å². The Morgan fingerprint density at radius 2 is 1.68 bits per heavy atom. The summed E-state index contributed by atoms with van der Waals surface area (Å²) in [5.74, 6) is 0.357. The molecule has 0 aromatic rings. The maximum absolute atomic E-state index is 9.36. The first-order valence-corrected chi connectivity index (χ1v) is 6.44. The SMILES string of the molecule is CC(C)(C)OC1=C(B(O)O)CNC(OC(C)(C)C)N1. The highest BCUT2D eigenvalue weighted by atomic mass is 16.6. The third kappa shape index (κ3) is 5.82. The summed E-state index contributed by atoms with van der Waals surface area (Å²) in [5, 5.41) is 24.8. The average molecular weight is 272 g/mol. The van der Waals surface area contributed by atoms with Crippen molar-refractivity contribution in [3.8, 4) is 0 Å². The van der Waals surface area contributed by atoms with Crippen LogP contribution >= 0.6 is 0 Å². The Labute approximate surface area is 115 Å². The zero-order valence-electron chi connectivity index (χ0n) is 12.6. The van der Waals surface area contributed by atoms with Crippen LogP contribution < -0.4 is 10.6 Å². The van der Waals surface area contributed by atoms with E-state index in [2.05, 4.69) is 10.6 Å². The Balaban J connectivity index is 2.84. The van der Waals surface area contributed by atoms with Crippen LogP contribution in [0.15, 0.2) is 11.4 Å². The third-order valence-electron chi connectivity index (χ3n) is 2.22. The first kappa shape index (κ1) is 16.3. The summed E-state index contributed by atoms with van der Waals surface area (Å²) in [6, 6.07) is 0. The molecule has 1 rings (SSSR count). The van der Waals surface area contributed by atoms with E-state index in [-0.39, 0.29) is 12.1 Å². The topological polar surface area (TPSA) is 83.0 Å². The molecule has 0 radical (unpaired) electrons. The molecule has 0 bridgehead atoms. The van der Waals surface area contributed by atoms with Gasteiger partial charge in [-0.2, -0.15) is 0 Å². The molecule has 110 valence electrons. The Hall–Kier alpha value is -0.755. The number of ether oxygens (including phenoxy) is 2. The molecule has 19 heavy (non-hydrogen) atoms. The second-order valence-corrected chi connectivity index (χ2v) is 6.58. The van der Waals surface area contributed by atoms with Crippen molar-refractivity contribution in [2.24, 2.45) is 0 Å². The molecule has 1 aliphatic rings. The molecule has 1 aliphatic heterocycles. The summed E-state index contributed by atoms with van der Waals surface area (Å²) in [6.45, 7) is 11.8. The molecule has 1 heterocycles. The zero-order valence-corrected chi connectivity index (χ0v) is 12.6. The Morgan fingerprint density at radius 3 is 2.11 bits per heavy atom. The van der Waals surface area contributed by atoms with Gasteiger partial charge in [0, 0.05) is 12.0 Å². The van der Waals surface area contributed by atoms with Gasteiger partial charge in [-0.15, -0.1) is 0 Å². The normalized spacial score (nSPS) is 21.2. The van der Waals surface area contributed by atoms with Crippen LogP contribution in [0.1, 0.15) is 41.5 Å². The van der Waals surface area contributed by atoms with Crippen LogP contribution in [0.5, 0.6) is 0 Å². The molecule has 0 saturated carbocycles. The van der Waals surface area contributed by atoms with Crippen molar-refractivity contribution in [2.45, 2.75) is 59.1 Å². The second-order valence-electron chi connectivity index (χ2n) is 6.58. The standard InChI is InChI=1S/C12H25BN2O4/c1-11(2,3)18-9-8(13(16)17)7-14-10(15-9)19-12(4,5)6/h10,14-17H,7H2,1-6H3. The van der Waals surface area contributed by atoms with Gasteiger partial charge >= 0.3 is 7.12 Å². The van der Waals surface area contributed by atoms with Gasteiger partial charge < -0.3 is 24.8 Å². The second kappa shape index (κ2) is 5.70. The summed E-state index contributed by atoms with van der Waals surface area (Å²) in [7, 11) is -1.56. The van der Waals surface area contributed by atoms with Crippen LogP contribution in [0, 0.1) is 0 Å². The quantitative estimate of drug-likeness (QED) is 0.554. The molecule has 0 aromatic carbocycles. The lowest BCUT2D eigenvalue weighted by Gasteiger charge is -2.36. The van der Waals surface area contributed by atoms with Gasteiger partial charge in [0.2, 0.25) is 0 Å². The minimum atomic E-state index is -1.56. The lowest BCUT2D eigenvalue weighted by Crippen LogP contribution is -2.54. The van der Waals surface area contributed by atoms with Gasteiger partial charge in [-0.3, -0.25) is 5.32 Å². The molecule has 1 atom stereocenters. The minimum Gasteiger partial charge on any atom is -0.474 e. The number of hydrogen-bond donors (Lipinski definition) is 4. The summed E-state index contributed by atoms with van der Waals surface area (Å²) in [6.07, 6.45) is -0.431. The molecular formula is C12H25BN2O4. The van der Waals surface area contributed by atoms with Crippen LogP contribution in [0.4, 0.5) is 0 Å². The molecule has 1 unspecified atom stereocenters. The minimum absolute atomic E-state index is 0.289. The Morgan fingerprint density at radius 1 is 1.11 bits per heavy atom. The van der Waals surface area contributed by atoms with E-state index in [0.29, 0.717) is 11.4 Å². The molecule has 0 fully saturated rings. The Bertz CT molecular complexity index is 345. The summed E-state index contributed by atoms with van der Waals surface area (Å²) >= 11 is 0. The summed E-state index contributed by atoms with van der Waals surface area (Å²) in [5.41, 5.74) is -0.400. The monoisotopic (exact) mass is 272 g/mol. The molecule has 4 N–H and O–H groups in total. The maximum Gasteiger partial charge on any atom is 0.490 e. The van der Waals surface area contributed by atoms with E-state index >= 15 is 0 Å². The summed E-state index contributed by atoms with van der Waals surface area (Å²) in [4.78, 5) is 0. The third-order valence-corrected chi connectivity index (χ3v) is 2.22. The van der Waals surface area contributed by atoms with Crippen molar-refractivity contribution in [3.63, 3.8) is 0 Å². The van der Waals surface area contributed by atoms with Gasteiger partial charge in [-0.1, -0.05) is 0 Å². The van der Waals surface area contributed by atoms with Crippen molar-refractivity contribution >= 4 is 7.12 Å². The fourth-order valence-electron chi connectivity index (χ4n) is 1.58. The van der Waals surface area contributed by atoms with Crippen molar-refractivity contribution in [3.05, 3.63) is 11.4 Å². The first-order valence-electron chi connectivity index (χ1n) is 6.44. The molecular weight excluding hydrogens is 247 g/mol. The van der Waals surface area contributed by atoms with Crippen LogP contribution in [0.3, 0.4) is 0 Å². The fourth-order valence-corrected chi connectivity index (χ4v) is 1.58. The van der Waals surface area contributed by atoms with E-state index in [1.165, 1.54) is 0 Å². The highest BCUT2D eigenvalue weighted by molar-refractivity contribution is 6.51. The summed E-state index contributed by atoms with van der Waals surface area (Å²) < 4.78 is 11.5. The smallest absolute Gasteiger partial charge is 0.474 e. The Kier molecular flexibility index (Phi) is 4.89. The lowest BCUT2D eigenvalue weighted by molar-refractivity contribution is -0.101. The van der Waals surface area contributed by atoms with E-state index in [4.69, 9.17) is 9.47 Å². The predicted molar refractivity (Wildman–Crippen MR) is 73.8 cm³/mol. The van der Waals surface area contributed by atoms with Gasteiger partial charge in [0.25, 0.3) is 0 Å². The molecule has 0 aromatic heterocycles.